The molecule has 0 radical (unpaired) electrons. The van der Waals surface area contributed by atoms with Crippen molar-refractivity contribution in [3.63, 3.8) is 0 Å². The predicted octanol–water partition coefficient (Wildman–Crippen LogP) is 5.14. The Morgan fingerprint density at radius 3 is 2.62 bits per heavy atom. The second-order valence-electron chi connectivity index (χ2n) is 8.19. The lowest BCUT2D eigenvalue weighted by molar-refractivity contribution is -0.269. The molecule has 2 rings (SSSR count). The molecule has 1 saturated heterocycles. The largest absolute Gasteiger partial charge is 0.481 e. The van der Waals surface area contributed by atoms with Crippen LogP contribution in [0.2, 0.25) is 0 Å². The molecule has 168 valence electrons. The van der Waals surface area contributed by atoms with Crippen molar-refractivity contribution < 1.29 is 33.3 Å². The Morgan fingerprint density at radius 1 is 1.28 bits per heavy atom. The maximum Gasteiger partial charge on any atom is 0.303 e. The van der Waals surface area contributed by atoms with E-state index in [0.717, 1.165) is 25.7 Å². The average Bonchev–Trinajstić information content (AvgIpc) is 2.96. The molecular weight excluding hydrogens is 612 g/mol. The molecule has 1 saturated carbocycles. The Hall–Kier alpha value is 0.380. The van der Waals surface area contributed by atoms with E-state index in [4.69, 9.17) is 9.84 Å². The quantitative estimate of drug-likeness (QED) is 0.175. The number of ether oxygens (including phenoxy) is 1. The molecule has 1 unspecified atom stereocenters. The molecule has 29 heavy (non-hydrogen) atoms. The van der Waals surface area contributed by atoms with Crippen LogP contribution in [0.3, 0.4) is 0 Å². The lowest BCUT2D eigenvalue weighted by Gasteiger charge is -2.47. The number of aliphatic hydroxyl groups is 1. The standard InChI is InChI=1S/C20H30F2I2O5/c21-11-5-7-17(22)20(23,24)19(28)10-9-14-13(15(25)12-16(14)29-19)6-3-1-2-4-8-18(26)27/h13-14,16-17,28H,1-12H2,(H,26,27)/t13-,14-,16-,17?,19-/m1/s1. The number of carboxylic acids is 1. The third-order valence-corrected chi connectivity index (χ3v) is 9.17. The molecule has 0 bridgehead atoms. The molecule has 0 aromatic heterocycles. The van der Waals surface area contributed by atoms with E-state index in [2.05, 4.69) is 0 Å². The van der Waals surface area contributed by atoms with Gasteiger partial charge >= 0.3 is 5.97 Å². The molecule has 0 amide bonds. The van der Waals surface area contributed by atoms with Crippen LogP contribution in [0, 0.1) is 11.8 Å². The molecule has 1 aliphatic carbocycles. The maximum atomic E-state index is 14.7. The van der Waals surface area contributed by atoms with Crippen molar-refractivity contribution in [1.82, 2.24) is 0 Å². The third-order valence-electron chi connectivity index (χ3n) is 6.13. The molecule has 2 aliphatic rings. The Balaban J connectivity index is 1.88. The van der Waals surface area contributed by atoms with Gasteiger partial charge in [-0.2, -0.15) is 0 Å². The summed E-state index contributed by atoms with van der Waals surface area (Å²) in [5.74, 6) is -2.40. The molecule has 2 N–H and O–H groups in total. The average molecular weight is 642 g/mol. The lowest BCUT2D eigenvalue weighted by Crippen LogP contribution is -2.57. The number of hydrogen-bond acceptors (Lipinski definition) is 4. The van der Waals surface area contributed by atoms with Gasteiger partial charge in [0.05, 0.1) is 12.8 Å². The molecule has 1 aliphatic heterocycles. The van der Waals surface area contributed by atoms with E-state index in [9.17, 15) is 23.5 Å². The van der Waals surface area contributed by atoms with Gasteiger partial charge in [-0.25, -0.2) is 4.39 Å². The van der Waals surface area contributed by atoms with Gasteiger partial charge in [0.2, 0.25) is 0 Å². The summed E-state index contributed by atoms with van der Waals surface area (Å²) < 4.78 is 31.8. The van der Waals surface area contributed by atoms with Gasteiger partial charge in [0, 0.05) is 25.2 Å². The van der Waals surface area contributed by atoms with Gasteiger partial charge in [-0.05, 0) is 38.0 Å². The molecule has 2 fully saturated rings. The van der Waals surface area contributed by atoms with Crippen molar-refractivity contribution in [3.05, 3.63) is 0 Å². The van der Waals surface area contributed by atoms with Gasteiger partial charge in [0.1, 0.15) is 12.0 Å². The van der Waals surface area contributed by atoms with Gasteiger partial charge in [0.25, 0.3) is 0 Å². The van der Waals surface area contributed by atoms with E-state index in [1.54, 1.807) is 0 Å². The summed E-state index contributed by atoms with van der Waals surface area (Å²) >= 11 is 3.74. The number of unbranched alkanes of at least 4 members (excludes halogenated alkanes) is 3. The predicted molar refractivity (Wildman–Crippen MR) is 122 cm³/mol. The first kappa shape index (κ1) is 25.6. The van der Waals surface area contributed by atoms with E-state index in [0.29, 0.717) is 12.8 Å². The summed E-state index contributed by atoms with van der Waals surface area (Å²) in [6, 6.07) is 0. The fraction of sp³-hybridized carbons (Fsp3) is 0.900. The van der Waals surface area contributed by atoms with Gasteiger partial charge < -0.3 is 14.9 Å². The molecule has 0 aromatic carbocycles. The first-order valence-electron chi connectivity index (χ1n) is 10.3. The van der Waals surface area contributed by atoms with E-state index in [1.165, 1.54) is 0 Å². The summed E-state index contributed by atoms with van der Waals surface area (Å²) in [5.41, 5.74) is 0. The Kier molecular flexibility index (Phi) is 10.00. The molecule has 5 atom stereocenters. The van der Waals surface area contributed by atoms with E-state index < -0.39 is 32.1 Å². The van der Waals surface area contributed by atoms with Crippen molar-refractivity contribution in [2.24, 2.45) is 11.8 Å². The van der Waals surface area contributed by atoms with Crippen LogP contribution in [0.25, 0.3) is 0 Å². The number of alkyl halides is 4. The second kappa shape index (κ2) is 11.3. The highest BCUT2D eigenvalue weighted by Gasteiger charge is 2.59. The van der Waals surface area contributed by atoms with Crippen LogP contribution in [-0.4, -0.2) is 48.1 Å². The number of carbonyl (C=O) groups is 2. The minimum atomic E-state index is -1.68. The Morgan fingerprint density at radius 2 is 1.97 bits per heavy atom. The number of halogens is 4. The maximum absolute atomic E-state index is 14.7. The number of fused-ring (bicyclic) bond motifs is 1. The summed E-state index contributed by atoms with van der Waals surface area (Å²) in [4.78, 5) is 23.1. The monoisotopic (exact) mass is 642 g/mol. The number of Topliss-reactive ketones (excluding diaryl/α,β-unsaturated/α-hetero) is 1. The number of ketones is 1. The molecule has 9 heteroatoms. The zero-order valence-electron chi connectivity index (χ0n) is 16.4. The number of hydrogen-bond donors (Lipinski definition) is 2. The zero-order chi connectivity index (χ0) is 21.7. The van der Waals surface area contributed by atoms with Crippen molar-refractivity contribution in [1.29, 1.82) is 0 Å². The highest BCUT2D eigenvalue weighted by molar-refractivity contribution is 14.2. The molecule has 1 heterocycles. The number of carboxylic acid groups (broad SMARTS) is 1. The van der Waals surface area contributed by atoms with Crippen LogP contribution >= 0.6 is 45.2 Å². The van der Waals surface area contributed by atoms with Crippen molar-refractivity contribution >= 4 is 56.9 Å². The van der Waals surface area contributed by atoms with E-state index in [-0.39, 0.29) is 49.7 Å². The Labute approximate surface area is 198 Å². The third kappa shape index (κ3) is 6.44. The van der Waals surface area contributed by atoms with Gasteiger partial charge in [-0.1, -0.05) is 64.4 Å². The summed E-state index contributed by atoms with van der Waals surface area (Å²) in [7, 11) is 0. The number of carbonyl (C=O) groups excluding carboxylic acids is 1. The van der Waals surface area contributed by atoms with Crippen LogP contribution in [0.5, 0.6) is 0 Å². The topological polar surface area (TPSA) is 83.8 Å². The number of rotatable bonds is 12. The fourth-order valence-electron chi connectivity index (χ4n) is 4.48. The minimum Gasteiger partial charge on any atom is -0.481 e. The molecule has 5 nitrogen and oxygen atoms in total. The van der Waals surface area contributed by atoms with Gasteiger partial charge in [0.15, 0.2) is 7.22 Å². The van der Waals surface area contributed by atoms with E-state index >= 15 is 0 Å². The van der Waals surface area contributed by atoms with Crippen LogP contribution in [0.1, 0.15) is 70.6 Å². The summed E-state index contributed by atoms with van der Waals surface area (Å²) in [6.07, 6.45) is 3.54. The van der Waals surface area contributed by atoms with Gasteiger partial charge in [-0.15, -0.1) is 0 Å². The smallest absolute Gasteiger partial charge is 0.303 e. The van der Waals surface area contributed by atoms with Crippen molar-refractivity contribution in [3.8, 4) is 0 Å². The molecule has 0 spiro atoms. The number of aliphatic carboxylic acids is 1. The van der Waals surface area contributed by atoms with E-state index in [1.807, 2.05) is 45.2 Å². The summed E-state index contributed by atoms with van der Waals surface area (Å²) in [6.45, 7) is -0.597. The van der Waals surface area contributed by atoms with Crippen LogP contribution in [-0.2, 0) is 14.3 Å². The van der Waals surface area contributed by atoms with Crippen LogP contribution in [0.15, 0.2) is 0 Å². The first-order valence-corrected chi connectivity index (χ1v) is 12.5. The Bertz CT molecular complexity index is 577. The van der Waals surface area contributed by atoms with Crippen LogP contribution in [0.4, 0.5) is 8.78 Å². The lowest BCUT2D eigenvalue weighted by atomic mass is 9.82. The highest BCUT2D eigenvalue weighted by atomic mass is 127. The molecule has 0 aromatic rings. The van der Waals surface area contributed by atoms with Crippen molar-refractivity contribution in [2.75, 3.05) is 6.67 Å². The van der Waals surface area contributed by atoms with Crippen LogP contribution < -0.4 is 0 Å². The minimum absolute atomic E-state index is 0.0194. The second-order valence-corrected chi connectivity index (χ2v) is 13.7. The fourth-order valence-corrected chi connectivity index (χ4v) is 5.90. The first-order chi connectivity index (χ1) is 13.6. The van der Waals surface area contributed by atoms with Gasteiger partial charge in [-0.3, -0.25) is 14.0 Å². The van der Waals surface area contributed by atoms with Crippen molar-refractivity contribution in [2.45, 2.75) is 90.1 Å². The normalized spacial score (nSPS) is 30.9. The highest BCUT2D eigenvalue weighted by Crippen LogP contribution is 2.54. The summed E-state index contributed by atoms with van der Waals surface area (Å²) in [5, 5.41) is 19.7. The zero-order valence-corrected chi connectivity index (χ0v) is 20.7. The SMILES string of the molecule is O=C(O)CCCCCC[C@H]1C(=O)C[C@H]2O[C@@](O)(C(I)(I)C(F)CCCF)CC[C@@H]21. The molecular formula is C20H30F2I2O5.